The van der Waals surface area contributed by atoms with E-state index in [2.05, 4.69) is 22.8 Å². The molecule has 1 aromatic carbocycles. The Balaban J connectivity index is 2.28. The first-order chi connectivity index (χ1) is 7.31. The second-order valence-corrected chi connectivity index (χ2v) is 3.96. The number of hydrogen-bond acceptors (Lipinski definition) is 0. The van der Waals surface area contributed by atoms with E-state index in [0.29, 0.717) is 0 Å². The Hall–Kier alpha value is -1.39. The predicted molar refractivity (Wildman–Crippen MR) is 65.0 cm³/mol. The summed E-state index contributed by atoms with van der Waals surface area (Å²) in [6, 6.07) is 8.04. The van der Waals surface area contributed by atoms with Crippen molar-refractivity contribution in [1.29, 1.82) is 0 Å². The highest BCUT2D eigenvalue weighted by atomic mass is 35.5. The molecule has 76 valence electrons. The van der Waals surface area contributed by atoms with E-state index in [1.54, 1.807) is 0 Å². The fourth-order valence-corrected chi connectivity index (χ4v) is 1.87. The van der Waals surface area contributed by atoms with E-state index >= 15 is 0 Å². The number of benzene rings is 1. The molecule has 0 aliphatic carbocycles. The standard InChI is InChI=1S/C13H12ClN/c1-2-3-4-8-15-9-7-11-5-6-12(14)10-13(11)15/h1,5-7,9-10H,3-4,8H2. The van der Waals surface area contributed by atoms with Gasteiger partial charge in [0.05, 0.1) is 0 Å². The molecule has 2 rings (SSSR count). The van der Waals surface area contributed by atoms with Gasteiger partial charge in [0.15, 0.2) is 0 Å². The maximum atomic E-state index is 5.96. The average Bonchev–Trinajstić information content (AvgIpc) is 2.62. The minimum atomic E-state index is 0.777. The van der Waals surface area contributed by atoms with Gasteiger partial charge in [0.1, 0.15) is 0 Å². The van der Waals surface area contributed by atoms with Crippen molar-refractivity contribution in [3.63, 3.8) is 0 Å². The summed E-state index contributed by atoms with van der Waals surface area (Å²) in [4.78, 5) is 0. The van der Waals surface area contributed by atoms with E-state index in [1.807, 2.05) is 18.2 Å². The molecule has 0 aliphatic heterocycles. The number of aryl methyl sites for hydroxylation is 1. The van der Waals surface area contributed by atoms with Crippen LogP contribution in [-0.2, 0) is 6.54 Å². The van der Waals surface area contributed by atoms with Crippen molar-refractivity contribution in [1.82, 2.24) is 4.57 Å². The number of rotatable bonds is 3. The van der Waals surface area contributed by atoms with Gasteiger partial charge in [0.2, 0.25) is 0 Å². The number of unbranched alkanes of at least 4 members (excludes halogenated alkanes) is 1. The fourth-order valence-electron chi connectivity index (χ4n) is 1.70. The number of fused-ring (bicyclic) bond motifs is 1. The molecule has 15 heavy (non-hydrogen) atoms. The number of hydrogen-bond donors (Lipinski definition) is 0. The summed E-state index contributed by atoms with van der Waals surface area (Å²) in [6.45, 7) is 0.952. The molecule has 0 radical (unpaired) electrons. The normalized spacial score (nSPS) is 10.4. The Kier molecular flexibility index (Phi) is 2.99. The highest BCUT2D eigenvalue weighted by Crippen LogP contribution is 2.20. The van der Waals surface area contributed by atoms with Gasteiger partial charge in [0.25, 0.3) is 0 Å². The smallest absolute Gasteiger partial charge is 0.0495 e. The molecule has 0 atom stereocenters. The van der Waals surface area contributed by atoms with Gasteiger partial charge in [-0.1, -0.05) is 17.7 Å². The van der Waals surface area contributed by atoms with Crippen LogP contribution in [0.1, 0.15) is 12.8 Å². The Morgan fingerprint density at radius 1 is 1.33 bits per heavy atom. The van der Waals surface area contributed by atoms with Crippen molar-refractivity contribution in [3.8, 4) is 12.3 Å². The van der Waals surface area contributed by atoms with E-state index in [4.69, 9.17) is 18.0 Å². The molecule has 0 saturated carbocycles. The number of terminal acetylenes is 1. The molecule has 1 nitrogen and oxygen atoms in total. The molecule has 0 spiro atoms. The second kappa shape index (κ2) is 4.42. The molecule has 0 amide bonds. The zero-order valence-corrected chi connectivity index (χ0v) is 9.17. The molecule has 0 bridgehead atoms. The van der Waals surface area contributed by atoms with Crippen LogP contribution < -0.4 is 0 Å². The summed E-state index contributed by atoms with van der Waals surface area (Å²) in [5.41, 5.74) is 1.18. The first-order valence-corrected chi connectivity index (χ1v) is 5.37. The summed E-state index contributed by atoms with van der Waals surface area (Å²) in [7, 11) is 0. The number of halogens is 1. The minimum Gasteiger partial charge on any atom is -0.347 e. The van der Waals surface area contributed by atoms with Crippen molar-refractivity contribution in [2.45, 2.75) is 19.4 Å². The van der Waals surface area contributed by atoms with Crippen LogP contribution in [-0.4, -0.2) is 4.57 Å². The van der Waals surface area contributed by atoms with Crippen LogP contribution in [0.2, 0.25) is 5.02 Å². The van der Waals surface area contributed by atoms with E-state index in [9.17, 15) is 0 Å². The van der Waals surface area contributed by atoms with Crippen LogP contribution in [0, 0.1) is 12.3 Å². The molecule has 0 saturated heterocycles. The van der Waals surface area contributed by atoms with Crippen LogP contribution in [0.25, 0.3) is 10.9 Å². The Bertz CT molecular complexity index is 505. The molecule has 0 N–H and O–H groups in total. The summed E-state index contributed by atoms with van der Waals surface area (Å²) in [5.74, 6) is 2.65. The molecule has 0 fully saturated rings. The monoisotopic (exact) mass is 217 g/mol. The number of nitrogens with zero attached hydrogens (tertiary/aromatic N) is 1. The van der Waals surface area contributed by atoms with E-state index in [1.165, 1.54) is 10.9 Å². The first-order valence-electron chi connectivity index (χ1n) is 4.99. The summed E-state index contributed by atoms with van der Waals surface area (Å²) >= 11 is 5.96. The molecule has 1 aromatic heterocycles. The third-order valence-electron chi connectivity index (χ3n) is 2.46. The Morgan fingerprint density at radius 2 is 2.20 bits per heavy atom. The highest BCUT2D eigenvalue weighted by Gasteiger charge is 2.00. The lowest BCUT2D eigenvalue weighted by atomic mass is 10.2. The quantitative estimate of drug-likeness (QED) is 0.546. The fraction of sp³-hybridized carbons (Fsp3) is 0.231. The van der Waals surface area contributed by atoms with E-state index < -0.39 is 0 Å². The third-order valence-corrected chi connectivity index (χ3v) is 2.69. The van der Waals surface area contributed by atoms with Gasteiger partial charge in [-0.15, -0.1) is 12.3 Å². The van der Waals surface area contributed by atoms with Crippen LogP contribution in [0.4, 0.5) is 0 Å². The SMILES string of the molecule is C#CCCCn1ccc2ccc(Cl)cc21. The maximum absolute atomic E-state index is 5.96. The van der Waals surface area contributed by atoms with Crippen LogP contribution >= 0.6 is 11.6 Å². The lowest BCUT2D eigenvalue weighted by Gasteiger charge is -2.03. The molecule has 1 heterocycles. The van der Waals surface area contributed by atoms with Gasteiger partial charge in [-0.05, 0) is 30.0 Å². The van der Waals surface area contributed by atoms with Gasteiger partial charge in [0, 0.05) is 29.7 Å². The summed E-state index contributed by atoms with van der Waals surface area (Å²) in [6.07, 6.45) is 9.13. The first kappa shape index (κ1) is 10.1. The lowest BCUT2D eigenvalue weighted by molar-refractivity contribution is 0.677. The minimum absolute atomic E-state index is 0.777. The molecule has 0 unspecified atom stereocenters. The topological polar surface area (TPSA) is 4.93 Å². The van der Waals surface area contributed by atoms with Gasteiger partial charge in [-0.25, -0.2) is 0 Å². The Labute approximate surface area is 94.7 Å². The van der Waals surface area contributed by atoms with Gasteiger partial charge >= 0.3 is 0 Å². The lowest BCUT2D eigenvalue weighted by Crippen LogP contribution is -1.95. The molecular formula is C13H12ClN. The van der Waals surface area contributed by atoms with Gasteiger partial charge in [-0.3, -0.25) is 0 Å². The van der Waals surface area contributed by atoms with Crippen molar-refractivity contribution < 1.29 is 0 Å². The molecule has 2 aromatic rings. The van der Waals surface area contributed by atoms with E-state index in [-0.39, 0.29) is 0 Å². The van der Waals surface area contributed by atoms with Gasteiger partial charge < -0.3 is 4.57 Å². The third kappa shape index (κ3) is 2.16. The van der Waals surface area contributed by atoms with Crippen molar-refractivity contribution in [2.24, 2.45) is 0 Å². The predicted octanol–water partition coefficient (Wildman–Crippen LogP) is 3.71. The van der Waals surface area contributed by atoms with Crippen molar-refractivity contribution >= 4 is 22.5 Å². The maximum Gasteiger partial charge on any atom is 0.0495 e. The second-order valence-electron chi connectivity index (χ2n) is 3.52. The summed E-state index contributed by atoms with van der Waals surface area (Å²) in [5, 5.41) is 2.00. The zero-order valence-electron chi connectivity index (χ0n) is 8.41. The molecular weight excluding hydrogens is 206 g/mol. The van der Waals surface area contributed by atoms with Crippen molar-refractivity contribution in [3.05, 3.63) is 35.5 Å². The average molecular weight is 218 g/mol. The molecule has 0 aliphatic rings. The summed E-state index contributed by atoms with van der Waals surface area (Å²) < 4.78 is 2.19. The van der Waals surface area contributed by atoms with Gasteiger partial charge in [-0.2, -0.15) is 0 Å². The highest BCUT2D eigenvalue weighted by molar-refractivity contribution is 6.31. The molecule has 2 heteroatoms. The van der Waals surface area contributed by atoms with E-state index in [0.717, 1.165) is 24.4 Å². The van der Waals surface area contributed by atoms with Crippen molar-refractivity contribution in [2.75, 3.05) is 0 Å². The Morgan fingerprint density at radius 3 is 3.00 bits per heavy atom. The zero-order chi connectivity index (χ0) is 10.7. The number of aromatic nitrogens is 1. The largest absolute Gasteiger partial charge is 0.347 e. The van der Waals surface area contributed by atoms with Crippen LogP contribution in [0.5, 0.6) is 0 Å². The van der Waals surface area contributed by atoms with Crippen LogP contribution in [0.15, 0.2) is 30.5 Å². The van der Waals surface area contributed by atoms with Crippen LogP contribution in [0.3, 0.4) is 0 Å².